The molecule has 0 fully saturated rings. The van der Waals surface area contributed by atoms with E-state index in [1.54, 1.807) is 6.07 Å². The van der Waals surface area contributed by atoms with Crippen molar-refractivity contribution < 1.29 is 4.39 Å². The van der Waals surface area contributed by atoms with E-state index in [1.807, 2.05) is 25.1 Å². The first-order valence-electron chi connectivity index (χ1n) is 5.61. The SMILES string of the molecule is CN(C)C(c1cc(Br)ccc1F)C(C)(C)CN. The smallest absolute Gasteiger partial charge is 0.128 e. The van der Waals surface area contributed by atoms with E-state index in [-0.39, 0.29) is 17.3 Å². The van der Waals surface area contributed by atoms with Gasteiger partial charge in [0, 0.05) is 16.1 Å². The Labute approximate surface area is 111 Å². The topological polar surface area (TPSA) is 29.3 Å². The molecule has 2 N–H and O–H groups in total. The van der Waals surface area contributed by atoms with E-state index in [1.165, 1.54) is 6.07 Å². The number of halogens is 2. The minimum atomic E-state index is -0.189. The average Bonchev–Trinajstić information content (AvgIpc) is 2.22. The van der Waals surface area contributed by atoms with E-state index in [9.17, 15) is 4.39 Å². The molecule has 1 aromatic carbocycles. The highest BCUT2D eigenvalue weighted by atomic mass is 79.9. The molecule has 0 heterocycles. The van der Waals surface area contributed by atoms with E-state index in [2.05, 4.69) is 29.8 Å². The lowest BCUT2D eigenvalue weighted by atomic mass is 9.79. The summed E-state index contributed by atoms with van der Waals surface area (Å²) in [6.07, 6.45) is 0. The molecule has 0 amide bonds. The Morgan fingerprint density at radius 2 is 2.00 bits per heavy atom. The molecule has 0 radical (unpaired) electrons. The Morgan fingerprint density at radius 1 is 1.41 bits per heavy atom. The Kier molecular flexibility index (Phi) is 4.69. The largest absolute Gasteiger partial charge is 0.330 e. The normalized spacial score (nSPS) is 14.1. The van der Waals surface area contributed by atoms with Crippen LogP contribution in [0.25, 0.3) is 0 Å². The van der Waals surface area contributed by atoms with Crippen LogP contribution in [0.2, 0.25) is 0 Å². The highest BCUT2D eigenvalue weighted by Crippen LogP contribution is 2.38. The van der Waals surface area contributed by atoms with Crippen LogP contribution in [0.3, 0.4) is 0 Å². The van der Waals surface area contributed by atoms with Gasteiger partial charge in [-0.15, -0.1) is 0 Å². The second-order valence-electron chi connectivity index (χ2n) is 5.22. The highest BCUT2D eigenvalue weighted by Gasteiger charge is 2.33. The lowest BCUT2D eigenvalue weighted by Gasteiger charge is -2.38. The number of benzene rings is 1. The highest BCUT2D eigenvalue weighted by molar-refractivity contribution is 9.10. The molecular formula is C13H20BrFN2. The van der Waals surface area contributed by atoms with E-state index in [4.69, 9.17) is 5.73 Å². The van der Waals surface area contributed by atoms with Gasteiger partial charge >= 0.3 is 0 Å². The Bertz CT molecular complexity index is 391. The van der Waals surface area contributed by atoms with Crippen LogP contribution in [0, 0.1) is 11.2 Å². The van der Waals surface area contributed by atoms with Gasteiger partial charge in [0.2, 0.25) is 0 Å². The fourth-order valence-corrected chi connectivity index (χ4v) is 2.61. The molecule has 0 bridgehead atoms. The number of nitrogens with zero attached hydrogens (tertiary/aromatic N) is 1. The van der Waals surface area contributed by atoms with E-state index < -0.39 is 0 Å². The first kappa shape index (κ1) is 14.6. The Morgan fingerprint density at radius 3 is 2.47 bits per heavy atom. The summed E-state index contributed by atoms with van der Waals surface area (Å²) in [5.41, 5.74) is 6.30. The molecule has 0 aliphatic carbocycles. The summed E-state index contributed by atoms with van der Waals surface area (Å²) >= 11 is 3.39. The summed E-state index contributed by atoms with van der Waals surface area (Å²) in [5.74, 6) is -0.187. The molecule has 0 aliphatic heterocycles. The zero-order valence-electron chi connectivity index (χ0n) is 10.8. The Hall–Kier alpha value is -0.450. The standard InChI is InChI=1S/C13H20BrFN2/c1-13(2,8-16)12(17(3)4)10-7-9(14)5-6-11(10)15/h5-7,12H,8,16H2,1-4H3. The molecule has 1 rings (SSSR count). The summed E-state index contributed by atoms with van der Waals surface area (Å²) in [7, 11) is 3.89. The maximum atomic E-state index is 14.0. The van der Waals surface area contributed by atoms with Gasteiger partial charge in [0.15, 0.2) is 0 Å². The van der Waals surface area contributed by atoms with Crippen LogP contribution in [-0.4, -0.2) is 25.5 Å². The van der Waals surface area contributed by atoms with Crippen LogP contribution in [-0.2, 0) is 0 Å². The molecule has 17 heavy (non-hydrogen) atoms. The minimum Gasteiger partial charge on any atom is -0.330 e. The van der Waals surface area contributed by atoms with Crippen molar-refractivity contribution in [3.05, 3.63) is 34.1 Å². The molecular weight excluding hydrogens is 283 g/mol. The van der Waals surface area contributed by atoms with Crippen molar-refractivity contribution in [3.63, 3.8) is 0 Å². The van der Waals surface area contributed by atoms with Crippen LogP contribution in [0.5, 0.6) is 0 Å². The van der Waals surface area contributed by atoms with Crippen molar-refractivity contribution in [1.29, 1.82) is 0 Å². The molecule has 0 saturated carbocycles. The quantitative estimate of drug-likeness (QED) is 0.925. The van der Waals surface area contributed by atoms with Crippen LogP contribution in [0.15, 0.2) is 22.7 Å². The predicted molar refractivity (Wildman–Crippen MR) is 73.4 cm³/mol. The van der Waals surface area contributed by atoms with E-state index in [0.717, 1.165) is 4.47 Å². The minimum absolute atomic E-state index is 0.0509. The maximum absolute atomic E-state index is 14.0. The van der Waals surface area contributed by atoms with Crippen molar-refractivity contribution in [2.45, 2.75) is 19.9 Å². The van der Waals surface area contributed by atoms with Crippen LogP contribution in [0.1, 0.15) is 25.5 Å². The van der Waals surface area contributed by atoms with Gasteiger partial charge < -0.3 is 10.6 Å². The monoisotopic (exact) mass is 302 g/mol. The number of hydrogen-bond acceptors (Lipinski definition) is 2. The fraction of sp³-hybridized carbons (Fsp3) is 0.538. The molecule has 4 heteroatoms. The molecule has 1 unspecified atom stereocenters. The summed E-state index contributed by atoms with van der Waals surface area (Å²) < 4.78 is 14.8. The van der Waals surface area contributed by atoms with Gasteiger partial charge in [-0.1, -0.05) is 29.8 Å². The van der Waals surface area contributed by atoms with Gasteiger partial charge in [-0.2, -0.15) is 0 Å². The van der Waals surface area contributed by atoms with Crippen molar-refractivity contribution >= 4 is 15.9 Å². The van der Waals surface area contributed by atoms with Crippen LogP contribution >= 0.6 is 15.9 Å². The van der Waals surface area contributed by atoms with Crippen LogP contribution < -0.4 is 5.73 Å². The first-order chi connectivity index (χ1) is 7.79. The van der Waals surface area contributed by atoms with Gasteiger partial charge in [0.25, 0.3) is 0 Å². The maximum Gasteiger partial charge on any atom is 0.128 e. The van der Waals surface area contributed by atoms with Crippen molar-refractivity contribution in [1.82, 2.24) is 4.90 Å². The third-order valence-corrected chi connectivity index (χ3v) is 3.53. The fourth-order valence-electron chi connectivity index (χ4n) is 2.23. The predicted octanol–water partition coefficient (Wildman–Crippen LogP) is 3.18. The molecule has 1 atom stereocenters. The number of rotatable bonds is 4. The molecule has 96 valence electrons. The Balaban J connectivity index is 3.28. The third kappa shape index (κ3) is 3.27. The molecule has 0 saturated heterocycles. The zero-order valence-corrected chi connectivity index (χ0v) is 12.4. The number of nitrogens with two attached hydrogens (primary N) is 1. The molecule has 0 aliphatic rings. The van der Waals surface area contributed by atoms with E-state index in [0.29, 0.717) is 12.1 Å². The molecule has 1 aromatic rings. The van der Waals surface area contributed by atoms with Crippen molar-refractivity contribution in [2.75, 3.05) is 20.6 Å². The van der Waals surface area contributed by atoms with Gasteiger partial charge in [-0.05, 0) is 44.3 Å². The van der Waals surface area contributed by atoms with Crippen LogP contribution in [0.4, 0.5) is 4.39 Å². The third-order valence-electron chi connectivity index (χ3n) is 3.04. The number of hydrogen-bond donors (Lipinski definition) is 1. The lowest BCUT2D eigenvalue weighted by molar-refractivity contribution is 0.139. The van der Waals surface area contributed by atoms with Gasteiger partial charge in [0.1, 0.15) is 5.82 Å². The second kappa shape index (κ2) is 5.46. The van der Waals surface area contributed by atoms with E-state index >= 15 is 0 Å². The average molecular weight is 303 g/mol. The molecule has 0 aromatic heterocycles. The lowest BCUT2D eigenvalue weighted by Crippen LogP contribution is -2.39. The van der Waals surface area contributed by atoms with Gasteiger partial charge in [-0.25, -0.2) is 4.39 Å². The molecule has 2 nitrogen and oxygen atoms in total. The first-order valence-corrected chi connectivity index (χ1v) is 6.40. The van der Waals surface area contributed by atoms with Crippen molar-refractivity contribution in [2.24, 2.45) is 11.1 Å². The summed E-state index contributed by atoms with van der Waals surface area (Å²) in [4.78, 5) is 2.01. The summed E-state index contributed by atoms with van der Waals surface area (Å²) in [5, 5.41) is 0. The van der Waals surface area contributed by atoms with Gasteiger partial charge in [-0.3, -0.25) is 0 Å². The second-order valence-corrected chi connectivity index (χ2v) is 6.14. The van der Waals surface area contributed by atoms with Crippen molar-refractivity contribution in [3.8, 4) is 0 Å². The molecule has 0 spiro atoms. The summed E-state index contributed by atoms with van der Waals surface area (Å²) in [6.45, 7) is 4.61. The zero-order chi connectivity index (χ0) is 13.2. The summed E-state index contributed by atoms with van der Waals surface area (Å²) in [6, 6.07) is 4.98. The van der Waals surface area contributed by atoms with Gasteiger partial charge in [0.05, 0.1) is 0 Å².